The second-order valence-electron chi connectivity index (χ2n) is 4.45. The van der Waals surface area contributed by atoms with Crippen molar-refractivity contribution in [3.05, 3.63) is 0 Å². The van der Waals surface area contributed by atoms with Crippen LogP contribution in [0.4, 0.5) is 4.39 Å². The predicted molar refractivity (Wildman–Crippen MR) is 50.9 cm³/mol. The van der Waals surface area contributed by atoms with Crippen molar-refractivity contribution in [2.45, 2.75) is 52.6 Å². The summed E-state index contributed by atoms with van der Waals surface area (Å²) >= 11 is 0. The molecule has 1 saturated carbocycles. The zero-order valence-corrected chi connectivity index (χ0v) is 8.52. The van der Waals surface area contributed by atoms with Crippen LogP contribution in [0.25, 0.3) is 0 Å². The number of hydrogen-bond donors (Lipinski definition) is 0. The van der Waals surface area contributed by atoms with Crippen molar-refractivity contribution in [1.82, 2.24) is 0 Å². The molecule has 0 saturated heterocycles. The Morgan fingerprint density at radius 1 is 1.17 bits per heavy atom. The topological polar surface area (TPSA) is 0 Å². The molecule has 0 spiro atoms. The molecule has 0 heterocycles. The molecule has 0 aliphatic heterocycles. The minimum atomic E-state index is -0.526. The highest BCUT2D eigenvalue weighted by Gasteiger charge is 2.28. The van der Waals surface area contributed by atoms with E-state index >= 15 is 0 Å². The van der Waals surface area contributed by atoms with Gasteiger partial charge in [-0.05, 0) is 37.0 Å². The van der Waals surface area contributed by atoms with Crippen LogP contribution in [-0.4, -0.2) is 6.17 Å². The van der Waals surface area contributed by atoms with E-state index in [1.807, 2.05) is 0 Å². The fourth-order valence-corrected chi connectivity index (χ4v) is 2.22. The zero-order valence-electron chi connectivity index (χ0n) is 8.52. The number of hydrogen-bond acceptors (Lipinski definition) is 0. The van der Waals surface area contributed by atoms with Gasteiger partial charge in [-0.25, -0.2) is 4.39 Å². The van der Waals surface area contributed by atoms with Gasteiger partial charge in [0.05, 0.1) is 0 Å². The van der Waals surface area contributed by atoms with E-state index in [2.05, 4.69) is 20.8 Å². The molecule has 0 aromatic rings. The van der Waals surface area contributed by atoms with E-state index < -0.39 is 6.17 Å². The van der Waals surface area contributed by atoms with Gasteiger partial charge in [0.15, 0.2) is 0 Å². The molecule has 0 aromatic heterocycles. The summed E-state index contributed by atoms with van der Waals surface area (Å²) in [4.78, 5) is 0. The summed E-state index contributed by atoms with van der Waals surface area (Å²) in [6, 6.07) is 0. The first-order valence-electron chi connectivity index (χ1n) is 5.29. The van der Waals surface area contributed by atoms with Gasteiger partial charge in [0.2, 0.25) is 0 Å². The van der Waals surface area contributed by atoms with E-state index in [1.165, 1.54) is 0 Å². The van der Waals surface area contributed by atoms with Gasteiger partial charge in [-0.2, -0.15) is 0 Å². The third kappa shape index (κ3) is 2.21. The Balaban J connectivity index is 2.54. The van der Waals surface area contributed by atoms with Crippen LogP contribution in [0.2, 0.25) is 0 Å². The van der Waals surface area contributed by atoms with Gasteiger partial charge >= 0.3 is 0 Å². The fraction of sp³-hybridized carbons (Fsp3) is 1.00. The summed E-state index contributed by atoms with van der Waals surface area (Å²) in [6.07, 6.45) is 3.46. The molecule has 72 valence electrons. The molecule has 1 rings (SSSR count). The van der Waals surface area contributed by atoms with Gasteiger partial charge < -0.3 is 0 Å². The Bertz CT molecular complexity index is 133. The SMILES string of the molecule is CC[C@H]1C[C@H](C)[C@H](C)CC[C@H]1F. The summed E-state index contributed by atoms with van der Waals surface area (Å²) in [7, 11) is 0. The summed E-state index contributed by atoms with van der Waals surface area (Å²) in [6.45, 7) is 6.64. The van der Waals surface area contributed by atoms with E-state index in [4.69, 9.17) is 0 Å². The summed E-state index contributed by atoms with van der Waals surface area (Å²) in [5, 5.41) is 0. The van der Waals surface area contributed by atoms with Gasteiger partial charge in [-0.3, -0.25) is 0 Å². The van der Waals surface area contributed by atoms with Gasteiger partial charge in [-0.15, -0.1) is 0 Å². The monoisotopic (exact) mass is 172 g/mol. The van der Waals surface area contributed by atoms with Crippen LogP contribution in [0, 0.1) is 17.8 Å². The van der Waals surface area contributed by atoms with Crippen LogP contribution in [0.1, 0.15) is 46.5 Å². The fourth-order valence-electron chi connectivity index (χ4n) is 2.22. The molecule has 0 aromatic carbocycles. The standard InChI is InChI=1S/C11H21F/c1-4-10-7-9(3)8(2)5-6-11(10)12/h8-11H,4-7H2,1-3H3/t8-,9+,10+,11-/m1/s1. The van der Waals surface area contributed by atoms with Crippen LogP contribution >= 0.6 is 0 Å². The first kappa shape index (κ1) is 10.0. The molecular formula is C11H21F. The molecule has 1 heteroatoms. The third-order valence-electron chi connectivity index (χ3n) is 3.58. The zero-order chi connectivity index (χ0) is 9.14. The molecule has 0 nitrogen and oxygen atoms in total. The van der Waals surface area contributed by atoms with E-state index in [9.17, 15) is 4.39 Å². The molecule has 0 unspecified atom stereocenters. The second-order valence-corrected chi connectivity index (χ2v) is 4.45. The van der Waals surface area contributed by atoms with Gasteiger partial charge in [0.25, 0.3) is 0 Å². The summed E-state index contributed by atoms with van der Waals surface area (Å²) in [5.41, 5.74) is 0. The Labute approximate surface area is 75.5 Å². The van der Waals surface area contributed by atoms with Crippen molar-refractivity contribution >= 4 is 0 Å². The smallest absolute Gasteiger partial charge is 0.103 e. The highest BCUT2D eigenvalue weighted by molar-refractivity contribution is 4.78. The average Bonchev–Trinajstić information content (AvgIpc) is 2.18. The molecule has 0 amide bonds. The minimum Gasteiger partial charge on any atom is -0.247 e. The van der Waals surface area contributed by atoms with Crippen LogP contribution in [0.3, 0.4) is 0 Å². The average molecular weight is 172 g/mol. The maximum atomic E-state index is 13.5. The minimum absolute atomic E-state index is 0.338. The lowest BCUT2D eigenvalue weighted by Crippen LogP contribution is -2.15. The lowest BCUT2D eigenvalue weighted by molar-refractivity contribution is 0.201. The van der Waals surface area contributed by atoms with Gasteiger partial charge in [0.1, 0.15) is 6.17 Å². The molecule has 1 fully saturated rings. The normalized spacial score (nSPS) is 44.0. The van der Waals surface area contributed by atoms with Crippen molar-refractivity contribution in [1.29, 1.82) is 0 Å². The highest BCUT2D eigenvalue weighted by atomic mass is 19.1. The van der Waals surface area contributed by atoms with Crippen LogP contribution in [0.5, 0.6) is 0 Å². The molecule has 1 aliphatic rings. The third-order valence-corrected chi connectivity index (χ3v) is 3.58. The first-order chi connectivity index (χ1) is 5.65. The van der Waals surface area contributed by atoms with Crippen molar-refractivity contribution in [3.8, 4) is 0 Å². The van der Waals surface area contributed by atoms with Crippen LogP contribution in [-0.2, 0) is 0 Å². The molecular weight excluding hydrogens is 151 g/mol. The first-order valence-corrected chi connectivity index (χ1v) is 5.29. The Morgan fingerprint density at radius 2 is 1.83 bits per heavy atom. The van der Waals surface area contributed by atoms with Crippen molar-refractivity contribution in [3.63, 3.8) is 0 Å². The molecule has 0 bridgehead atoms. The lowest BCUT2D eigenvalue weighted by atomic mass is 9.87. The molecule has 4 atom stereocenters. The highest BCUT2D eigenvalue weighted by Crippen LogP contribution is 2.34. The van der Waals surface area contributed by atoms with E-state index in [0.29, 0.717) is 5.92 Å². The molecule has 0 N–H and O–H groups in total. The van der Waals surface area contributed by atoms with Gasteiger partial charge in [0, 0.05) is 0 Å². The molecule has 0 radical (unpaired) electrons. The summed E-state index contributed by atoms with van der Waals surface area (Å²) in [5.74, 6) is 1.78. The van der Waals surface area contributed by atoms with Gasteiger partial charge in [-0.1, -0.05) is 27.2 Å². The van der Waals surface area contributed by atoms with E-state index in [0.717, 1.165) is 37.5 Å². The maximum absolute atomic E-state index is 13.5. The van der Waals surface area contributed by atoms with Crippen molar-refractivity contribution < 1.29 is 4.39 Å². The number of rotatable bonds is 1. The van der Waals surface area contributed by atoms with Crippen LogP contribution in [0.15, 0.2) is 0 Å². The Hall–Kier alpha value is -0.0700. The molecule has 12 heavy (non-hydrogen) atoms. The molecule has 1 aliphatic carbocycles. The Morgan fingerprint density at radius 3 is 2.42 bits per heavy atom. The predicted octanol–water partition coefficient (Wildman–Crippen LogP) is 3.81. The second kappa shape index (κ2) is 4.25. The lowest BCUT2D eigenvalue weighted by Gasteiger charge is -2.19. The maximum Gasteiger partial charge on any atom is 0.103 e. The quantitative estimate of drug-likeness (QED) is 0.528. The number of alkyl halides is 1. The van der Waals surface area contributed by atoms with E-state index in [-0.39, 0.29) is 0 Å². The Kier molecular flexibility index (Phi) is 3.54. The number of halogens is 1. The largest absolute Gasteiger partial charge is 0.247 e. The van der Waals surface area contributed by atoms with E-state index in [1.54, 1.807) is 0 Å². The van der Waals surface area contributed by atoms with Crippen molar-refractivity contribution in [2.75, 3.05) is 0 Å². The summed E-state index contributed by atoms with van der Waals surface area (Å²) < 4.78 is 13.5. The van der Waals surface area contributed by atoms with Crippen LogP contribution < -0.4 is 0 Å². The van der Waals surface area contributed by atoms with Crippen molar-refractivity contribution in [2.24, 2.45) is 17.8 Å².